The zero-order valence-corrected chi connectivity index (χ0v) is 15.8. The molecule has 9 nitrogen and oxygen atoms in total. The van der Waals surface area contributed by atoms with Crippen molar-refractivity contribution in [2.45, 2.75) is 25.3 Å². The number of hydrogen-bond acceptors (Lipinski definition) is 7. The Kier molecular flexibility index (Phi) is 4.17. The zero-order valence-electron chi connectivity index (χ0n) is 15.1. The molecule has 29 heavy (non-hydrogen) atoms. The number of carbonyl (C=O) groups excluding carboxylic acids is 2. The summed E-state index contributed by atoms with van der Waals surface area (Å²) in [5.41, 5.74) is 1.38. The normalized spacial score (nSPS) is 17.8. The van der Waals surface area contributed by atoms with Crippen LogP contribution in [0.1, 0.15) is 24.8 Å². The Balaban J connectivity index is 1.59. The minimum atomic E-state index is -0.410. The van der Waals surface area contributed by atoms with Crippen molar-refractivity contribution in [3.63, 3.8) is 0 Å². The van der Waals surface area contributed by atoms with E-state index in [9.17, 15) is 9.59 Å². The average Bonchev–Trinajstić information content (AvgIpc) is 3.33. The number of carbonyl (C=O) groups is 2. The van der Waals surface area contributed by atoms with Crippen LogP contribution in [0.25, 0.3) is 11.7 Å². The summed E-state index contributed by atoms with van der Waals surface area (Å²) in [6.07, 6.45) is 5.30. The molecule has 1 aliphatic carbocycles. The van der Waals surface area contributed by atoms with Crippen molar-refractivity contribution >= 4 is 41.1 Å². The monoisotopic (exact) mass is 410 g/mol. The van der Waals surface area contributed by atoms with E-state index in [1.165, 1.54) is 0 Å². The molecule has 3 aromatic rings. The molecule has 2 amide bonds. The van der Waals surface area contributed by atoms with Crippen LogP contribution in [0.5, 0.6) is 11.8 Å². The van der Waals surface area contributed by atoms with Gasteiger partial charge in [-0.25, -0.2) is 0 Å². The molecule has 1 aromatic carbocycles. The van der Waals surface area contributed by atoms with Crippen molar-refractivity contribution in [1.82, 2.24) is 24.9 Å². The van der Waals surface area contributed by atoms with Crippen molar-refractivity contribution in [1.29, 1.82) is 0 Å². The third-order valence-corrected chi connectivity index (χ3v) is 4.86. The third kappa shape index (κ3) is 3.52. The van der Waals surface area contributed by atoms with Gasteiger partial charge in [0.05, 0.1) is 17.6 Å². The van der Waals surface area contributed by atoms with Gasteiger partial charge in [0, 0.05) is 17.2 Å². The van der Waals surface area contributed by atoms with Gasteiger partial charge in [0.25, 0.3) is 5.91 Å². The highest BCUT2D eigenvalue weighted by molar-refractivity contribution is 6.32. The number of nitrogens with one attached hydrogen (secondary N) is 2. The van der Waals surface area contributed by atoms with Gasteiger partial charge in [-0.2, -0.15) is 19.6 Å². The number of rotatable bonds is 5. The third-order valence-electron chi connectivity index (χ3n) is 4.55. The minimum absolute atomic E-state index is 0.0252. The van der Waals surface area contributed by atoms with E-state index in [1.807, 2.05) is 0 Å². The van der Waals surface area contributed by atoms with E-state index >= 15 is 0 Å². The van der Waals surface area contributed by atoms with Gasteiger partial charge in [-0.15, -0.1) is 0 Å². The molecule has 10 heteroatoms. The molecule has 2 fully saturated rings. The van der Waals surface area contributed by atoms with Crippen LogP contribution in [0.4, 0.5) is 5.95 Å². The number of halogens is 1. The van der Waals surface area contributed by atoms with Crippen LogP contribution in [0.2, 0.25) is 5.02 Å². The lowest BCUT2D eigenvalue weighted by atomic mass is 10.1. The number of hydrogen-bond donors (Lipinski definition) is 2. The molecule has 2 N–H and O–H groups in total. The van der Waals surface area contributed by atoms with Gasteiger partial charge in [0.1, 0.15) is 5.75 Å². The van der Waals surface area contributed by atoms with Gasteiger partial charge in [-0.1, -0.05) is 23.7 Å². The van der Waals surface area contributed by atoms with Gasteiger partial charge >= 0.3 is 6.01 Å². The fraction of sp³-hybridized carbons (Fsp3) is 0.211. The van der Waals surface area contributed by atoms with E-state index in [1.54, 1.807) is 41.1 Å². The number of anilines is 1. The number of benzene rings is 1. The molecule has 5 rings (SSSR count). The zero-order chi connectivity index (χ0) is 20.0. The van der Waals surface area contributed by atoms with Crippen LogP contribution in [0, 0.1) is 0 Å². The molecular weight excluding hydrogens is 396 g/mol. The van der Waals surface area contributed by atoms with Crippen molar-refractivity contribution in [3.05, 3.63) is 46.6 Å². The lowest BCUT2D eigenvalue weighted by molar-refractivity contribution is -0.124. The molecule has 0 spiro atoms. The van der Waals surface area contributed by atoms with Crippen LogP contribution >= 0.6 is 11.6 Å². The predicted molar refractivity (Wildman–Crippen MR) is 105 cm³/mol. The average molecular weight is 411 g/mol. The summed E-state index contributed by atoms with van der Waals surface area (Å²) < 4.78 is 7.36. The first-order chi connectivity index (χ1) is 14.1. The van der Waals surface area contributed by atoms with E-state index in [-0.39, 0.29) is 18.3 Å². The van der Waals surface area contributed by atoms with Crippen LogP contribution in [0.3, 0.4) is 0 Å². The van der Waals surface area contributed by atoms with E-state index in [2.05, 4.69) is 25.7 Å². The van der Waals surface area contributed by atoms with Crippen molar-refractivity contribution in [2.24, 2.45) is 0 Å². The number of para-hydroxylation sites is 1. The molecule has 1 saturated carbocycles. The minimum Gasteiger partial charge on any atom is -0.423 e. The Bertz CT molecular complexity index is 1180. The first-order valence-electron chi connectivity index (χ1n) is 9.06. The summed E-state index contributed by atoms with van der Waals surface area (Å²) in [6, 6.07) is 7.45. The standard InChI is InChI=1S/C19H15ClN6O3/c20-13-3-1-2-4-14(13)29-19-24-16-11(7-10-8-15(27)23-17(10)28)9-21-26(16)18(25-19)22-12-5-6-12/h1-4,7,9,12H,5-6,8H2,(H,22,24,25)(H,23,27,28)/b10-7+. The van der Waals surface area contributed by atoms with Crippen molar-refractivity contribution < 1.29 is 14.3 Å². The highest BCUT2D eigenvalue weighted by Crippen LogP contribution is 2.30. The van der Waals surface area contributed by atoms with Crippen LogP contribution in [0.15, 0.2) is 36.0 Å². The fourth-order valence-corrected chi connectivity index (χ4v) is 3.14. The Labute approximate surface area is 169 Å². The number of amides is 2. The molecule has 1 aliphatic heterocycles. The van der Waals surface area contributed by atoms with Crippen molar-refractivity contribution in [2.75, 3.05) is 5.32 Å². The summed E-state index contributed by atoms with van der Waals surface area (Å²) in [5.74, 6) is 0.172. The van der Waals surface area contributed by atoms with Gasteiger partial charge in [0.15, 0.2) is 5.65 Å². The second-order valence-electron chi connectivity index (χ2n) is 6.84. The maximum absolute atomic E-state index is 11.9. The lowest BCUT2D eigenvalue weighted by Crippen LogP contribution is -2.19. The molecule has 2 aliphatic rings. The quantitative estimate of drug-likeness (QED) is 0.491. The number of fused-ring (bicyclic) bond motifs is 1. The Morgan fingerprint density at radius 3 is 2.79 bits per heavy atom. The van der Waals surface area contributed by atoms with Gasteiger partial charge in [0.2, 0.25) is 11.9 Å². The fourth-order valence-electron chi connectivity index (χ4n) is 2.96. The molecule has 0 bridgehead atoms. The lowest BCUT2D eigenvalue weighted by Gasteiger charge is -2.10. The molecule has 0 atom stereocenters. The van der Waals surface area contributed by atoms with Crippen molar-refractivity contribution in [3.8, 4) is 11.8 Å². The summed E-state index contributed by atoms with van der Waals surface area (Å²) >= 11 is 6.18. The molecule has 3 heterocycles. The molecule has 0 radical (unpaired) electrons. The summed E-state index contributed by atoms with van der Waals surface area (Å²) in [6.45, 7) is 0. The summed E-state index contributed by atoms with van der Waals surface area (Å²) in [7, 11) is 0. The first-order valence-corrected chi connectivity index (χ1v) is 9.44. The molecule has 146 valence electrons. The van der Waals surface area contributed by atoms with E-state index in [0.29, 0.717) is 39.5 Å². The van der Waals surface area contributed by atoms with E-state index in [4.69, 9.17) is 16.3 Å². The van der Waals surface area contributed by atoms with Gasteiger partial charge < -0.3 is 10.1 Å². The topological polar surface area (TPSA) is 111 Å². The Morgan fingerprint density at radius 1 is 1.24 bits per heavy atom. The Morgan fingerprint density at radius 2 is 2.07 bits per heavy atom. The number of aromatic nitrogens is 4. The first kappa shape index (κ1) is 17.6. The number of ether oxygens (including phenoxy) is 1. The van der Waals surface area contributed by atoms with E-state index in [0.717, 1.165) is 12.8 Å². The summed E-state index contributed by atoms with van der Waals surface area (Å²) in [5, 5.41) is 10.3. The smallest absolute Gasteiger partial charge is 0.327 e. The number of imide groups is 1. The van der Waals surface area contributed by atoms with Crippen LogP contribution in [-0.4, -0.2) is 37.4 Å². The molecule has 0 unspecified atom stereocenters. The van der Waals surface area contributed by atoms with Gasteiger partial charge in [-0.3, -0.25) is 14.9 Å². The molecular formula is C19H15ClN6O3. The Hall–Kier alpha value is -3.46. The SMILES string of the molecule is O=C1C/C(=C\c2cnn3c(NC4CC4)nc(Oc4ccccc4Cl)nc23)C(=O)N1. The highest BCUT2D eigenvalue weighted by atomic mass is 35.5. The summed E-state index contributed by atoms with van der Waals surface area (Å²) in [4.78, 5) is 32.3. The van der Waals surface area contributed by atoms with Crippen LogP contribution in [-0.2, 0) is 9.59 Å². The predicted octanol–water partition coefficient (Wildman–Crippen LogP) is 2.57. The maximum atomic E-state index is 11.9. The molecule has 1 saturated heterocycles. The number of nitrogens with zero attached hydrogens (tertiary/aromatic N) is 4. The van der Waals surface area contributed by atoms with E-state index < -0.39 is 5.91 Å². The second-order valence-corrected chi connectivity index (χ2v) is 7.25. The van der Waals surface area contributed by atoms with Crippen LogP contribution < -0.4 is 15.4 Å². The second kappa shape index (κ2) is 6.85. The largest absolute Gasteiger partial charge is 0.423 e. The molecule has 2 aromatic heterocycles. The highest BCUT2D eigenvalue weighted by Gasteiger charge is 2.26. The van der Waals surface area contributed by atoms with Gasteiger partial charge in [-0.05, 0) is 31.1 Å². The maximum Gasteiger partial charge on any atom is 0.327 e.